The fraction of sp³-hybridized carbons (Fsp3) is 0.559. The molecule has 2 aliphatic heterocycles. The smallest absolute Gasteiger partial charge is 0.335 e. The lowest BCUT2D eigenvalue weighted by molar-refractivity contribution is -0.166. The van der Waals surface area contributed by atoms with Gasteiger partial charge >= 0.3 is 5.97 Å². The molecule has 2 atom stereocenters. The third-order valence-corrected chi connectivity index (χ3v) is 9.73. The number of nitrogens with one attached hydrogen (secondary N) is 1. The summed E-state index contributed by atoms with van der Waals surface area (Å²) in [6.45, 7) is 6.94. The van der Waals surface area contributed by atoms with Gasteiger partial charge in [0.05, 0.1) is 11.7 Å². The van der Waals surface area contributed by atoms with E-state index in [9.17, 15) is 19.5 Å². The molecule has 2 aromatic rings. The number of carboxylic acids is 1. The van der Waals surface area contributed by atoms with Gasteiger partial charge < -0.3 is 25.2 Å². The summed E-state index contributed by atoms with van der Waals surface area (Å²) < 4.78 is 5.86. The summed E-state index contributed by atoms with van der Waals surface area (Å²) in [5.74, 6) is 0.698. The molecular weight excluding hydrogens is 582 g/mol. The third kappa shape index (κ3) is 7.38. The van der Waals surface area contributed by atoms with Gasteiger partial charge in [0.15, 0.2) is 0 Å². The number of hydrogen-bond donors (Lipinski definition) is 3. The van der Waals surface area contributed by atoms with Crippen LogP contribution in [-0.2, 0) is 16.1 Å². The number of aliphatic hydroxyl groups is 1. The van der Waals surface area contributed by atoms with Crippen LogP contribution in [0.4, 0.5) is 0 Å². The molecule has 1 spiro atoms. The van der Waals surface area contributed by atoms with Crippen molar-refractivity contribution in [1.82, 2.24) is 15.1 Å². The van der Waals surface area contributed by atoms with E-state index in [0.29, 0.717) is 49.9 Å². The van der Waals surface area contributed by atoms with Crippen LogP contribution >= 0.6 is 12.4 Å². The number of nitrogens with zero attached hydrogens (tertiary/aromatic N) is 2. The van der Waals surface area contributed by atoms with Crippen LogP contribution < -0.4 is 10.1 Å². The summed E-state index contributed by atoms with van der Waals surface area (Å²) in [5, 5.41) is 23.3. The molecule has 0 bridgehead atoms. The van der Waals surface area contributed by atoms with Crippen LogP contribution in [0.1, 0.15) is 81.1 Å². The Kier molecular flexibility index (Phi) is 11.3. The zero-order valence-corrected chi connectivity index (χ0v) is 26.6. The van der Waals surface area contributed by atoms with E-state index in [1.54, 1.807) is 12.1 Å². The zero-order chi connectivity index (χ0) is 30.6. The standard InChI is InChI=1S/C34H45N3O6.ClH/c1-3-4-19-37-31(39)29(30(38)25-9-5-23(2)6-10-25)35-33(42)34(37)17-20-36(21-18-34)22-24-7-13-27(14-8-24)43-28-15-11-26(12-16-28)32(40)41;/h7-8,11-16,23,25,29-30,38H,3-6,9-10,17-22H2,1-2H3,(H,35,42)(H,40,41);1H/t23-,25-,29-,30-;/m1./s1. The van der Waals surface area contributed by atoms with E-state index in [0.717, 1.165) is 50.6 Å². The van der Waals surface area contributed by atoms with E-state index in [2.05, 4.69) is 24.1 Å². The van der Waals surface area contributed by atoms with Crippen molar-refractivity contribution < 1.29 is 29.3 Å². The van der Waals surface area contributed by atoms with Gasteiger partial charge in [-0.05, 0) is 85.9 Å². The maximum atomic E-state index is 13.9. The number of amides is 2. The first-order valence-corrected chi connectivity index (χ1v) is 15.8. The van der Waals surface area contributed by atoms with Crippen LogP contribution in [0.25, 0.3) is 0 Å². The van der Waals surface area contributed by atoms with Crippen molar-refractivity contribution in [3.8, 4) is 11.5 Å². The number of hydrogen-bond acceptors (Lipinski definition) is 6. The van der Waals surface area contributed by atoms with E-state index in [-0.39, 0.29) is 35.7 Å². The van der Waals surface area contributed by atoms with Crippen LogP contribution in [0.2, 0.25) is 0 Å². The van der Waals surface area contributed by atoms with Crippen molar-refractivity contribution >= 4 is 30.2 Å². The van der Waals surface area contributed by atoms with Crippen molar-refractivity contribution in [2.75, 3.05) is 19.6 Å². The first kappa shape index (κ1) is 33.7. The number of likely N-dealkylation sites (tertiary alicyclic amines) is 1. The predicted octanol–water partition coefficient (Wildman–Crippen LogP) is 5.25. The second kappa shape index (κ2) is 14.8. The van der Waals surface area contributed by atoms with Gasteiger partial charge in [0.2, 0.25) is 11.8 Å². The van der Waals surface area contributed by atoms with Gasteiger partial charge in [-0.2, -0.15) is 0 Å². The minimum Gasteiger partial charge on any atom is -0.478 e. The molecule has 44 heavy (non-hydrogen) atoms. The van der Waals surface area contributed by atoms with Crippen molar-refractivity contribution in [3.05, 3.63) is 59.7 Å². The Morgan fingerprint density at radius 1 is 1.00 bits per heavy atom. The molecule has 0 radical (unpaired) electrons. The van der Waals surface area contributed by atoms with E-state index >= 15 is 0 Å². The number of carbonyl (C=O) groups excluding carboxylic acids is 2. The van der Waals surface area contributed by atoms with Crippen LogP contribution in [0.15, 0.2) is 48.5 Å². The number of piperidine rings is 1. The summed E-state index contributed by atoms with van der Waals surface area (Å²) >= 11 is 0. The number of unbranched alkanes of at least 4 members (excludes halogenated alkanes) is 1. The Bertz CT molecular complexity index is 1270. The number of piperazine rings is 1. The number of rotatable bonds is 10. The molecule has 0 unspecified atom stereocenters. The molecule has 5 rings (SSSR count). The summed E-state index contributed by atoms with van der Waals surface area (Å²) in [4.78, 5) is 42.8. The molecule has 0 aromatic heterocycles. The number of aliphatic hydroxyl groups excluding tert-OH is 1. The number of carboxylic acid groups (broad SMARTS) is 1. The second-order valence-electron chi connectivity index (χ2n) is 12.7. The number of carbonyl (C=O) groups is 3. The van der Waals surface area contributed by atoms with Crippen LogP contribution in [-0.4, -0.2) is 75.1 Å². The molecular formula is C34H46ClN3O6. The average Bonchev–Trinajstić information content (AvgIpc) is 3.01. The molecule has 1 aliphatic carbocycles. The molecule has 9 nitrogen and oxygen atoms in total. The van der Waals surface area contributed by atoms with Crippen molar-refractivity contribution in [2.24, 2.45) is 11.8 Å². The third-order valence-electron chi connectivity index (χ3n) is 9.73. The van der Waals surface area contributed by atoms with Crippen LogP contribution in [0.3, 0.4) is 0 Å². The molecule has 2 aromatic carbocycles. The molecule has 2 saturated heterocycles. The normalized spacial score (nSPS) is 24.3. The minimum absolute atomic E-state index is 0. The van der Waals surface area contributed by atoms with Crippen molar-refractivity contribution in [1.29, 1.82) is 0 Å². The highest BCUT2D eigenvalue weighted by atomic mass is 35.5. The number of aromatic carboxylic acids is 1. The lowest BCUT2D eigenvalue weighted by atomic mass is 9.76. The molecule has 3 fully saturated rings. The lowest BCUT2D eigenvalue weighted by Gasteiger charge is -2.52. The quantitative estimate of drug-likeness (QED) is 0.329. The fourth-order valence-electron chi connectivity index (χ4n) is 6.91. The molecule has 1 saturated carbocycles. The maximum Gasteiger partial charge on any atom is 0.335 e. The van der Waals surface area contributed by atoms with Crippen molar-refractivity contribution in [3.63, 3.8) is 0 Å². The summed E-state index contributed by atoms with van der Waals surface area (Å²) in [5.41, 5.74) is 0.455. The summed E-state index contributed by atoms with van der Waals surface area (Å²) in [7, 11) is 0. The van der Waals surface area contributed by atoms with Gasteiger partial charge in [-0.3, -0.25) is 14.5 Å². The van der Waals surface area contributed by atoms with Gasteiger partial charge in [0, 0.05) is 26.2 Å². The molecule has 240 valence electrons. The van der Waals surface area contributed by atoms with Gasteiger partial charge in [-0.25, -0.2) is 4.79 Å². The first-order valence-electron chi connectivity index (χ1n) is 15.8. The number of benzene rings is 2. The topological polar surface area (TPSA) is 119 Å². The van der Waals surface area contributed by atoms with Gasteiger partial charge in [0.25, 0.3) is 0 Å². The lowest BCUT2D eigenvalue weighted by Crippen LogP contribution is -2.75. The van der Waals surface area contributed by atoms with Gasteiger partial charge in [-0.15, -0.1) is 12.4 Å². The summed E-state index contributed by atoms with van der Waals surface area (Å²) in [6.07, 6.45) is 5.91. The highest BCUT2D eigenvalue weighted by molar-refractivity contribution is 6.00. The number of ether oxygens (including phenoxy) is 1. The first-order chi connectivity index (χ1) is 20.7. The largest absolute Gasteiger partial charge is 0.478 e. The monoisotopic (exact) mass is 627 g/mol. The van der Waals surface area contributed by atoms with E-state index in [4.69, 9.17) is 9.84 Å². The maximum absolute atomic E-state index is 13.9. The minimum atomic E-state index is -0.976. The zero-order valence-electron chi connectivity index (χ0n) is 25.7. The van der Waals surface area contributed by atoms with Crippen LogP contribution in [0, 0.1) is 11.8 Å². The molecule has 10 heteroatoms. The van der Waals surface area contributed by atoms with Crippen molar-refractivity contribution in [2.45, 2.75) is 89.4 Å². The van der Waals surface area contributed by atoms with E-state index in [1.807, 2.05) is 29.2 Å². The molecule has 3 N–H and O–H groups in total. The second-order valence-corrected chi connectivity index (χ2v) is 12.7. The SMILES string of the molecule is CCCCN1C(=O)[C@@H]([C@H](O)[C@H]2CC[C@H](C)CC2)NC(=O)C12CCN(Cc1ccc(Oc3ccc(C(=O)O)cc3)cc1)CC2.Cl. The van der Waals surface area contributed by atoms with Gasteiger partial charge in [-0.1, -0.05) is 45.2 Å². The van der Waals surface area contributed by atoms with E-state index < -0.39 is 23.7 Å². The Labute approximate surface area is 266 Å². The Hall–Kier alpha value is -3.14. The highest BCUT2D eigenvalue weighted by Gasteiger charge is 2.55. The Morgan fingerprint density at radius 2 is 1.59 bits per heavy atom. The summed E-state index contributed by atoms with van der Waals surface area (Å²) in [6, 6.07) is 13.2. The molecule has 2 heterocycles. The number of halogens is 1. The molecule has 3 aliphatic rings. The van der Waals surface area contributed by atoms with Crippen LogP contribution in [0.5, 0.6) is 11.5 Å². The van der Waals surface area contributed by atoms with E-state index in [1.165, 1.54) is 12.1 Å². The average molecular weight is 628 g/mol. The highest BCUT2D eigenvalue weighted by Crippen LogP contribution is 2.37. The van der Waals surface area contributed by atoms with Gasteiger partial charge in [0.1, 0.15) is 23.1 Å². The predicted molar refractivity (Wildman–Crippen MR) is 170 cm³/mol. The fourth-order valence-corrected chi connectivity index (χ4v) is 6.91. The Balaban J connectivity index is 0.00000442. The Morgan fingerprint density at radius 3 is 2.16 bits per heavy atom. The molecule has 2 amide bonds.